The van der Waals surface area contributed by atoms with Gasteiger partial charge in [-0.3, -0.25) is 4.72 Å². The molecule has 0 aliphatic carbocycles. The van der Waals surface area contributed by atoms with E-state index < -0.39 is 10.0 Å². The normalized spacial score (nSPS) is 12.0. The highest BCUT2D eigenvalue weighted by atomic mass is 35.5. The van der Waals surface area contributed by atoms with Gasteiger partial charge in [-0.15, -0.1) is 0 Å². The van der Waals surface area contributed by atoms with Crippen LogP contribution in [0.5, 0.6) is 0 Å². The van der Waals surface area contributed by atoms with Gasteiger partial charge in [-0.1, -0.05) is 37.6 Å². The van der Waals surface area contributed by atoms with Crippen LogP contribution >= 0.6 is 11.6 Å². The van der Waals surface area contributed by atoms with Crippen LogP contribution in [0, 0.1) is 5.92 Å². The Bertz CT molecular complexity index is 980. The van der Waals surface area contributed by atoms with Crippen LogP contribution in [0.3, 0.4) is 0 Å². The Labute approximate surface area is 146 Å². The van der Waals surface area contributed by atoms with Gasteiger partial charge in [0.2, 0.25) is 10.0 Å². The fraction of sp³-hybridized carbons (Fsp3) is 0.235. The minimum Gasteiger partial charge on any atom is -0.338 e. The van der Waals surface area contributed by atoms with E-state index in [-0.39, 0.29) is 11.7 Å². The van der Waals surface area contributed by atoms with Gasteiger partial charge in [-0.2, -0.15) is 0 Å². The summed E-state index contributed by atoms with van der Waals surface area (Å²) in [5.41, 5.74) is 2.81. The number of aromatic nitrogens is 2. The van der Waals surface area contributed by atoms with Crippen LogP contribution in [0.15, 0.2) is 42.5 Å². The fourth-order valence-corrected chi connectivity index (χ4v) is 4.19. The van der Waals surface area contributed by atoms with E-state index in [9.17, 15) is 8.42 Å². The summed E-state index contributed by atoms with van der Waals surface area (Å²) in [4.78, 5) is 7.70. The molecule has 0 radical (unpaired) electrons. The molecule has 0 aliphatic heterocycles. The number of nitrogens with zero attached hydrogens (tertiary/aromatic N) is 1. The third-order valence-corrected chi connectivity index (χ3v) is 5.42. The summed E-state index contributed by atoms with van der Waals surface area (Å²) in [6, 6.07) is 12.6. The monoisotopic (exact) mass is 363 g/mol. The van der Waals surface area contributed by atoms with E-state index in [1.165, 1.54) is 0 Å². The Morgan fingerprint density at radius 1 is 1.21 bits per heavy atom. The number of aromatic amines is 1. The zero-order chi connectivity index (χ0) is 17.3. The molecule has 24 heavy (non-hydrogen) atoms. The highest BCUT2D eigenvalue weighted by Gasteiger charge is 2.14. The number of fused-ring (bicyclic) bond motifs is 1. The third kappa shape index (κ3) is 3.71. The van der Waals surface area contributed by atoms with Crippen molar-refractivity contribution in [3.05, 3.63) is 47.5 Å². The summed E-state index contributed by atoms with van der Waals surface area (Å²) in [5, 5.41) is 0.606. The zero-order valence-electron chi connectivity index (χ0n) is 13.4. The largest absolute Gasteiger partial charge is 0.338 e. The van der Waals surface area contributed by atoms with Gasteiger partial charge < -0.3 is 4.98 Å². The molecule has 0 saturated carbocycles. The minimum absolute atomic E-state index is 0.0604. The zero-order valence-corrected chi connectivity index (χ0v) is 14.9. The van der Waals surface area contributed by atoms with E-state index in [1.807, 2.05) is 32.0 Å². The standard InChI is InChI=1S/C17H18ClN3O2S/c1-11(2)10-24(22,23)21-12-7-8-15-16(9-12)20-17(19-15)13-5-3-4-6-14(13)18/h3-9,11,21H,10H2,1-2H3,(H,19,20). The first-order valence-electron chi connectivity index (χ1n) is 7.59. The Morgan fingerprint density at radius 3 is 2.67 bits per heavy atom. The molecule has 3 aromatic rings. The van der Waals surface area contributed by atoms with Gasteiger partial charge in [0.05, 0.1) is 27.5 Å². The molecule has 0 fully saturated rings. The summed E-state index contributed by atoms with van der Waals surface area (Å²) in [6.45, 7) is 3.74. The predicted molar refractivity (Wildman–Crippen MR) is 98.8 cm³/mol. The Hall–Kier alpha value is -2.05. The van der Waals surface area contributed by atoms with Gasteiger partial charge in [-0.05, 0) is 36.2 Å². The highest BCUT2D eigenvalue weighted by molar-refractivity contribution is 7.92. The molecule has 2 aromatic carbocycles. The molecule has 1 aromatic heterocycles. The van der Waals surface area contributed by atoms with Gasteiger partial charge in [0.1, 0.15) is 5.82 Å². The summed E-state index contributed by atoms with van der Waals surface area (Å²) >= 11 is 6.20. The lowest BCUT2D eigenvalue weighted by molar-refractivity contribution is 0.587. The van der Waals surface area contributed by atoms with Gasteiger partial charge >= 0.3 is 0 Å². The maximum Gasteiger partial charge on any atom is 0.232 e. The predicted octanol–water partition coefficient (Wildman–Crippen LogP) is 4.28. The number of hydrogen-bond donors (Lipinski definition) is 2. The van der Waals surface area contributed by atoms with Crippen LogP contribution in [-0.2, 0) is 10.0 Å². The van der Waals surface area contributed by atoms with Crippen molar-refractivity contribution in [2.45, 2.75) is 13.8 Å². The number of benzene rings is 2. The summed E-state index contributed by atoms with van der Waals surface area (Å²) in [6.07, 6.45) is 0. The number of anilines is 1. The smallest absolute Gasteiger partial charge is 0.232 e. The molecular formula is C17H18ClN3O2S. The van der Waals surface area contributed by atoms with Gasteiger partial charge in [0.25, 0.3) is 0 Å². The molecule has 0 bridgehead atoms. The van der Waals surface area contributed by atoms with Crippen molar-refractivity contribution in [1.29, 1.82) is 0 Å². The molecule has 0 spiro atoms. The average molecular weight is 364 g/mol. The summed E-state index contributed by atoms with van der Waals surface area (Å²) < 4.78 is 26.7. The summed E-state index contributed by atoms with van der Waals surface area (Å²) in [7, 11) is -3.36. The number of halogens is 1. The molecule has 2 N–H and O–H groups in total. The van der Waals surface area contributed by atoms with Crippen LogP contribution in [0.25, 0.3) is 22.4 Å². The van der Waals surface area contributed by atoms with Crippen molar-refractivity contribution in [2.75, 3.05) is 10.5 Å². The van der Waals surface area contributed by atoms with E-state index in [4.69, 9.17) is 11.6 Å². The van der Waals surface area contributed by atoms with Crippen LogP contribution in [0.1, 0.15) is 13.8 Å². The first-order chi connectivity index (χ1) is 11.3. The van der Waals surface area contributed by atoms with Crippen LogP contribution in [0.2, 0.25) is 5.02 Å². The van der Waals surface area contributed by atoms with Crippen LogP contribution in [0.4, 0.5) is 5.69 Å². The van der Waals surface area contributed by atoms with E-state index in [0.29, 0.717) is 16.5 Å². The number of H-pyrrole nitrogens is 1. The topological polar surface area (TPSA) is 74.8 Å². The van der Waals surface area contributed by atoms with Crippen molar-refractivity contribution in [3.63, 3.8) is 0 Å². The van der Waals surface area contributed by atoms with Gasteiger partial charge in [0, 0.05) is 5.56 Å². The second kappa shape index (κ2) is 6.45. The lowest BCUT2D eigenvalue weighted by atomic mass is 10.2. The number of imidazole rings is 1. The molecule has 0 unspecified atom stereocenters. The average Bonchev–Trinajstić information content (AvgIpc) is 2.88. The Balaban J connectivity index is 1.94. The third-order valence-electron chi connectivity index (χ3n) is 3.44. The molecule has 0 aliphatic rings. The molecule has 1 heterocycles. The maximum atomic E-state index is 12.1. The number of nitrogens with one attached hydrogen (secondary N) is 2. The molecule has 0 atom stereocenters. The molecule has 126 valence electrons. The molecule has 0 saturated heterocycles. The first-order valence-corrected chi connectivity index (χ1v) is 9.62. The van der Waals surface area contributed by atoms with E-state index in [2.05, 4.69) is 14.7 Å². The maximum absolute atomic E-state index is 12.1. The van der Waals surface area contributed by atoms with Crippen LogP contribution < -0.4 is 4.72 Å². The summed E-state index contributed by atoms with van der Waals surface area (Å²) in [5.74, 6) is 0.793. The van der Waals surface area contributed by atoms with Crippen molar-refractivity contribution in [3.8, 4) is 11.4 Å². The Morgan fingerprint density at radius 2 is 1.96 bits per heavy atom. The van der Waals surface area contributed by atoms with Crippen molar-refractivity contribution >= 4 is 38.3 Å². The Kier molecular flexibility index (Phi) is 4.51. The second-order valence-electron chi connectivity index (χ2n) is 6.07. The molecule has 7 heteroatoms. The minimum atomic E-state index is -3.36. The van der Waals surface area contributed by atoms with Crippen molar-refractivity contribution < 1.29 is 8.42 Å². The SMILES string of the molecule is CC(C)CS(=O)(=O)Nc1ccc2nc(-c3ccccc3Cl)[nH]c2c1. The van der Waals surface area contributed by atoms with Gasteiger partial charge in [-0.25, -0.2) is 13.4 Å². The molecule has 3 rings (SSSR count). The van der Waals surface area contributed by atoms with Crippen molar-refractivity contribution in [2.24, 2.45) is 5.92 Å². The highest BCUT2D eigenvalue weighted by Crippen LogP contribution is 2.28. The van der Waals surface area contributed by atoms with Crippen LogP contribution in [-0.4, -0.2) is 24.1 Å². The molecule has 5 nitrogen and oxygen atoms in total. The number of hydrogen-bond acceptors (Lipinski definition) is 3. The second-order valence-corrected chi connectivity index (χ2v) is 8.25. The van der Waals surface area contributed by atoms with E-state index >= 15 is 0 Å². The quantitative estimate of drug-likeness (QED) is 0.710. The van der Waals surface area contributed by atoms with Crippen molar-refractivity contribution in [1.82, 2.24) is 9.97 Å². The lowest BCUT2D eigenvalue weighted by Gasteiger charge is -2.09. The van der Waals surface area contributed by atoms with E-state index in [1.54, 1.807) is 24.3 Å². The first kappa shape index (κ1) is 16.8. The molecule has 0 amide bonds. The number of sulfonamides is 1. The van der Waals surface area contributed by atoms with E-state index in [0.717, 1.165) is 16.6 Å². The number of rotatable bonds is 5. The fourth-order valence-electron chi connectivity index (χ4n) is 2.51. The molecular weight excluding hydrogens is 346 g/mol. The van der Waals surface area contributed by atoms with Gasteiger partial charge in [0.15, 0.2) is 0 Å². The lowest BCUT2D eigenvalue weighted by Crippen LogP contribution is -2.19.